The number of carbonyl (C=O) groups excluding carboxylic acids is 2. The minimum atomic E-state index is -0.703. The van der Waals surface area contributed by atoms with Crippen molar-refractivity contribution in [3.8, 4) is 0 Å². The molecule has 0 aromatic heterocycles. The molecule has 3 atom stereocenters. The van der Waals surface area contributed by atoms with Gasteiger partial charge in [-0.25, -0.2) is 0 Å². The molecule has 0 amide bonds. The third kappa shape index (κ3) is 3.95. The Hall–Kier alpha value is -1.16. The molecule has 18 heavy (non-hydrogen) atoms. The molecule has 0 fully saturated rings. The number of unbranched alkanes of at least 4 members (excludes halogenated alkanes) is 1. The zero-order valence-corrected chi connectivity index (χ0v) is 11.1. The Morgan fingerprint density at radius 1 is 1.39 bits per heavy atom. The van der Waals surface area contributed by atoms with Gasteiger partial charge in [0.15, 0.2) is 0 Å². The van der Waals surface area contributed by atoms with E-state index in [9.17, 15) is 14.7 Å². The van der Waals surface area contributed by atoms with Gasteiger partial charge >= 0.3 is 5.97 Å². The SMILES string of the molecule is CCCCC(=O)C(C(=O)OC)[C@H]1C=C[C@@H](O)CC1. The fraction of sp³-hybridized carbons (Fsp3) is 0.714. The molecular weight excluding hydrogens is 232 g/mol. The van der Waals surface area contributed by atoms with Crippen molar-refractivity contribution in [1.82, 2.24) is 0 Å². The maximum Gasteiger partial charge on any atom is 0.316 e. The summed E-state index contributed by atoms with van der Waals surface area (Å²) in [5, 5.41) is 9.40. The number of hydrogen-bond donors (Lipinski definition) is 1. The smallest absolute Gasteiger partial charge is 0.316 e. The van der Waals surface area contributed by atoms with Gasteiger partial charge in [-0.1, -0.05) is 25.5 Å². The fourth-order valence-electron chi connectivity index (χ4n) is 2.28. The van der Waals surface area contributed by atoms with Crippen LogP contribution >= 0.6 is 0 Å². The molecule has 0 saturated carbocycles. The lowest BCUT2D eigenvalue weighted by Crippen LogP contribution is -2.33. The van der Waals surface area contributed by atoms with Crippen LogP contribution in [0.3, 0.4) is 0 Å². The molecule has 0 aromatic carbocycles. The van der Waals surface area contributed by atoms with Gasteiger partial charge in [0.1, 0.15) is 11.7 Å². The number of ether oxygens (including phenoxy) is 1. The number of aliphatic hydroxyl groups is 1. The third-order valence-electron chi connectivity index (χ3n) is 3.38. The van der Waals surface area contributed by atoms with Gasteiger partial charge in [0, 0.05) is 6.42 Å². The summed E-state index contributed by atoms with van der Waals surface area (Å²) in [6.45, 7) is 2.01. The van der Waals surface area contributed by atoms with E-state index < -0.39 is 18.0 Å². The second-order valence-electron chi connectivity index (χ2n) is 4.76. The van der Waals surface area contributed by atoms with Gasteiger partial charge < -0.3 is 9.84 Å². The highest BCUT2D eigenvalue weighted by atomic mass is 16.5. The van der Waals surface area contributed by atoms with Gasteiger partial charge in [0.25, 0.3) is 0 Å². The molecule has 102 valence electrons. The number of allylic oxidation sites excluding steroid dienone is 1. The summed E-state index contributed by atoms with van der Waals surface area (Å²) in [5.74, 6) is -1.34. The lowest BCUT2D eigenvalue weighted by molar-refractivity contribution is -0.151. The van der Waals surface area contributed by atoms with Crippen LogP contribution in [0.2, 0.25) is 0 Å². The topological polar surface area (TPSA) is 63.6 Å². The first-order chi connectivity index (χ1) is 8.60. The lowest BCUT2D eigenvalue weighted by atomic mass is 9.80. The van der Waals surface area contributed by atoms with E-state index in [0.717, 1.165) is 12.8 Å². The number of aliphatic hydroxyl groups excluding tert-OH is 1. The highest BCUT2D eigenvalue weighted by molar-refractivity contribution is 5.99. The van der Waals surface area contributed by atoms with Gasteiger partial charge in [0.05, 0.1) is 13.2 Å². The fourth-order valence-corrected chi connectivity index (χ4v) is 2.28. The molecule has 1 aliphatic carbocycles. The molecule has 0 saturated heterocycles. The van der Waals surface area contributed by atoms with E-state index in [1.165, 1.54) is 7.11 Å². The molecule has 1 rings (SSSR count). The quantitative estimate of drug-likeness (QED) is 0.446. The van der Waals surface area contributed by atoms with Gasteiger partial charge in [-0.3, -0.25) is 9.59 Å². The van der Waals surface area contributed by atoms with Crippen molar-refractivity contribution in [2.24, 2.45) is 11.8 Å². The standard InChI is InChI=1S/C14H22O4/c1-3-4-5-12(16)13(14(17)18-2)10-6-8-11(15)9-7-10/h6,8,10-11,13,15H,3-5,7,9H2,1-2H3/t10-,11+,13?/m0/s1. The highest BCUT2D eigenvalue weighted by Crippen LogP contribution is 2.28. The van der Waals surface area contributed by atoms with Crippen LogP contribution in [0.25, 0.3) is 0 Å². The van der Waals surface area contributed by atoms with Crippen molar-refractivity contribution in [3.63, 3.8) is 0 Å². The summed E-state index contributed by atoms with van der Waals surface area (Å²) in [5.41, 5.74) is 0. The van der Waals surface area contributed by atoms with Crippen molar-refractivity contribution in [1.29, 1.82) is 0 Å². The Labute approximate surface area is 108 Å². The maximum absolute atomic E-state index is 12.1. The van der Waals surface area contributed by atoms with Gasteiger partial charge in [-0.15, -0.1) is 0 Å². The summed E-state index contributed by atoms with van der Waals surface area (Å²) in [7, 11) is 1.31. The van der Waals surface area contributed by atoms with Crippen LogP contribution in [-0.4, -0.2) is 30.1 Å². The van der Waals surface area contributed by atoms with E-state index in [1.54, 1.807) is 12.2 Å². The normalized spacial score (nSPS) is 24.6. The molecule has 1 N–H and O–H groups in total. The van der Waals surface area contributed by atoms with Crippen molar-refractivity contribution in [2.45, 2.75) is 45.1 Å². The summed E-state index contributed by atoms with van der Waals surface area (Å²) in [4.78, 5) is 23.8. The van der Waals surface area contributed by atoms with Crippen LogP contribution in [0.4, 0.5) is 0 Å². The molecule has 0 spiro atoms. The lowest BCUT2D eigenvalue weighted by Gasteiger charge is -2.25. The average Bonchev–Trinajstić information content (AvgIpc) is 2.38. The summed E-state index contributed by atoms with van der Waals surface area (Å²) < 4.78 is 4.74. The molecule has 1 unspecified atom stereocenters. The number of Topliss-reactive ketones (excluding diaryl/α,β-unsaturated/α-hetero) is 1. The van der Waals surface area contributed by atoms with E-state index in [4.69, 9.17) is 4.74 Å². The zero-order valence-electron chi connectivity index (χ0n) is 11.1. The number of methoxy groups -OCH3 is 1. The summed E-state index contributed by atoms with van der Waals surface area (Å²) >= 11 is 0. The average molecular weight is 254 g/mol. The highest BCUT2D eigenvalue weighted by Gasteiger charge is 2.34. The minimum Gasteiger partial charge on any atom is -0.468 e. The maximum atomic E-state index is 12.1. The predicted molar refractivity (Wildman–Crippen MR) is 67.9 cm³/mol. The van der Waals surface area contributed by atoms with Crippen LogP contribution in [-0.2, 0) is 14.3 Å². The first-order valence-electron chi connectivity index (χ1n) is 6.57. The van der Waals surface area contributed by atoms with E-state index >= 15 is 0 Å². The van der Waals surface area contributed by atoms with Gasteiger partial charge in [-0.05, 0) is 25.2 Å². The minimum absolute atomic E-state index is 0.0465. The van der Waals surface area contributed by atoms with Crippen LogP contribution in [0.5, 0.6) is 0 Å². The molecule has 0 aliphatic heterocycles. The van der Waals surface area contributed by atoms with E-state index in [2.05, 4.69) is 0 Å². The molecule has 0 bridgehead atoms. The van der Waals surface area contributed by atoms with E-state index in [-0.39, 0.29) is 11.7 Å². The number of rotatable bonds is 6. The molecular formula is C14H22O4. The third-order valence-corrected chi connectivity index (χ3v) is 3.38. The number of carbonyl (C=O) groups is 2. The first kappa shape index (κ1) is 14.9. The van der Waals surface area contributed by atoms with Crippen LogP contribution in [0, 0.1) is 11.8 Å². The van der Waals surface area contributed by atoms with E-state index in [1.807, 2.05) is 6.92 Å². The van der Waals surface area contributed by atoms with Gasteiger partial charge in [0.2, 0.25) is 0 Å². The van der Waals surface area contributed by atoms with Crippen molar-refractivity contribution in [2.75, 3.05) is 7.11 Å². The second-order valence-corrected chi connectivity index (χ2v) is 4.76. The second kappa shape index (κ2) is 7.31. The molecule has 1 aliphatic rings. The van der Waals surface area contributed by atoms with Crippen molar-refractivity contribution in [3.05, 3.63) is 12.2 Å². The Bertz CT molecular complexity index is 322. The monoisotopic (exact) mass is 254 g/mol. The zero-order chi connectivity index (χ0) is 13.5. The first-order valence-corrected chi connectivity index (χ1v) is 6.57. The molecule has 4 nitrogen and oxygen atoms in total. The number of ketones is 1. The van der Waals surface area contributed by atoms with Crippen LogP contribution in [0.1, 0.15) is 39.0 Å². The summed E-state index contributed by atoms with van der Waals surface area (Å²) in [6, 6.07) is 0. The Morgan fingerprint density at radius 3 is 2.61 bits per heavy atom. The van der Waals surface area contributed by atoms with Crippen molar-refractivity contribution >= 4 is 11.8 Å². The largest absolute Gasteiger partial charge is 0.468 e. The molecule has 4 heteroatoms. The van der Waals surface area contributed by atoms with Gasteiger partial charge in [-0.2, -0.15) is 0 Å². The molecule has 0 heterocycles. The number of hydrogen-bond acceptors (Lipinski definition) is 4. The Kier molecular flexibility index (Phi) is 6.05. The molecule has 0 radical (unpaired) electrons. The number of esters is 1. The molecule has 0 aromatic rings. The van der Waals surface area contributed by atoms with E-state index in [0.29, 0.717) is 19.3 Å². The van der Waals surface area contributed by atoms with Crippen LogP contribution in [0.15, 0.2) is 12.2 Å². The summed E-state index contributed by atoms with van der Waals surface area (Å²) in [6.07, 6.45) is 6.38. The van der Waals surface area contributed by atoms with Crippen LogP contribution < -0.4 is 0 Å². The van der Waals surface area contributed by atoms with Crippen molar-refractivity contribution < 1.29 is 19.4 Å². The Balaban J connectivity index is 2.75. The Morgan fingerprint density at radius 2 is 2.11 bits per heavy atom. The predicted octanol–water partition coefficient (Wildman–Crippen LogP) is 1.86.